The number of unbranched alkanes of at least 4 members (excludes halogenated alkanes) is 1. The molecule has 1 aromatic rings. The second-order valence-electron chi connectivity index (χ2n) is 7.06. The Hall–Kier alpha value is -2.45. The van der Waals surface area contributed by atoms with Gasteiger partial charge in [-0.15, -0.1) is 0 Å². The van der Waals surface area contributed by atoms with E-state index in [2.05, 4.69) is 5.32 Å². The van der Waals surface area contributed by atoms with Crippen molar-refractivity contribution in [1.82, 2.24) is 10.2 Å². The van der Waals surface area contributed by atoms with Gasteiger partial charge < -0.3 is 20.8 Å². The summed E-state index contributed by atoms with van der Waals surface area (Å²) in [5.74, 6) is -2.86. The van der Waals surface area contributed by atoms with Crippen molar-refractivity contribution in [1.29, 1.82) is 0 Å². The van der Waals surface area contributed by atoms with Crippen molar-refractivity contribution in [3.05, 3.63) is 35.8 Å². The molecule has 8 nitrogen and oxygen atoms in total. The number of carboxylic acids is 2. The molecule has 5 N–H and O–H groups in total. The summed E-state index contributed by atoms with van der Waals surface area (Å²) in [6.07, 6.45) is 2.01. The van der Waals surface area contributed by atoms with Crippen molar-refractivity contribution < 1.29 is 31.5 Å². The third-order valence-corrected chi connectivity index (χ3v) is 5.00. The smallest absolute Gasteiger partial charge is 0.326 e. The van der Waals surface area contributed by atoms with Crippen molar-refractivity contribution in [2.24, 2.45) is 5.73 Å². The average molecular weight is 411 g/mol. The number of nitrogens with zero attached hydrogens (tertiary/aromatic N) is 1. The van der Waals surface area contributed by atoms with Crippen LogP contribution in [0.15, 0.2) is 30.2 Å². The zero-order valence-electron chi connectivity index (χ0n) is 21.2. The zero-order chi connectivity index (χ0) is 25.6. The van der Waals surface area contributed by atoms with Gasteiger partial charge in [-0.3, -0.25) is 14.9 Å². The first-order chi connectivity index (χ1) is 16.0. The van der Waals surface area contributed by atoms with E-state index < -0.39 is 66.2 Å². The van der Waals surface area contributed by atoms with Crippen LogP contribution in [-0.2, 0) is 20.8 Å². The minimum Gasteiger partial charge on any atom is -0.480 e. The van der Waals surface area contributed by atoms with E-state index in [9.17, 15) is 24.6 Å². The molecule has 1 fully saturated rings. The van der Waals surface area contributed by atoms with Gasteiger partial charge in [0.2, 0.25) is 5.91 Å². The number of carbonyl (C=O) groups excluding carboxylic acids is 1. The number of hydrogen-bond donors (Lipinski definition) is 4. The molecule has 0 bridgehead atoms. The van der Waals surface area contributed by atoms with Crippen LogP contribution in [0.3, 0.4) is 0 Å². The SMILES string of the molecule is [2H]c1c([2H])c([2H])c(CC[C@H](N[C@@H](CCCCN)C(=O)N2CCC[C@H]2C(=O)O)C(=O)O)c([2H])c1[2H]. The van der Waals surface area contributed by atoms with Gasteiger partial charge >= 0.3 is 11.9 Å². The molecule has 0 aromatic heterocycles. The van der Waals surface area contributed by atoms with Crippen molar-refractivity contribution >= 4 is 17.8 Å². The highest BCUT2D eigenvalue weighted by Crippen LogP contribution is 2.20. The Morgan fingerprint density at radius 1 is 1.17 bits per heavy atom. The molecule has 1 aliphatic heterocycles. The molecule has 0 aliphatic carbocycles. The fourth-order valence-corrected chi connectivity index (χ4v) is 3.47. The van der Waals surface area contributed by atoms with Gasteiger partial charge in [0, 0.05) is 6.54 Å². The highest BCUT2D eigenvalue weighted by Gasteiger charge is 2.38. The molecule has 1 aromatic carbocycles. The molecule has 1 aliphatic rings. The van der Waals surface area contributed by atoms with Crippen molar-refractivity contribution in [2.45, 2.75) is 63.1 Å². The van der Waals surface area contributed by atoms with Gasteiger partial charge in [-0.1, -0.05) is 36.6 Å². The third kappa shape index (κ3) is 6.83. The van der Waals surface area contributed by atoms with Gasteiger partial charge in [-0.25, -0.2) is 4.79 Å². The number of likely N-dealkylation sites (tertiary alicyclic amines) is 1. The van der Waals surface area contributed by atoms with E-state index in [0.29, 0.717) is 32.2 Å². The molecule has 1 heterocycles. The number of nitrogens with two attached hydrogens (primary N) is 1. The first-order valence-corrected chi connectivity index (χ1v) is 9.79. The Morgan fingerprint density at radius 3 is 2.52 bits per heavy atom. The summed E-state index contributed by atoms with van der Waals surface area (Å²) in [6.45, 7) is 0.658. The number of benzene rings is 1. The molecule has 0 radical (unpaired) electrons. The maximum absolute atomic E-state index is 13.2. The van der Waals surface area contributed by atoms with E-state index in [-0.39, 0.29) is 31.4 Å². The Labute approximate surface area is 178 Å². The second kappa shape index (κ2) is 11.5. The Morgan fingerprint density at radius 2 is 1.90 bits per heavy atom. The lowest BCUT2D eigenvalue weighted by Crippen LogP contribution is -2.54. The maximum Gasteiger partial charge on any atom is 0.326 e. The van der Waals surface area contributed by atoms with Crippen LogP contribution >= 0.6 is 0 Å². The summed E-state index contributed by atoms with van der Waals surface area (Å²) in [7, 11) is 0. The highest BCUT2D eigenvalue weighted by atomic mass is 16.4. The van der Waals surface area contributed by atoms with E-state index in [1.54, 1.807) is 0 Å². The molecule has 1 amide bonds. The molecule has 160 valence electrons. The van der Waals surface area contributed by atoms with E-state index in [4.69, 9.17) is 12.6 Å². The second-order valence-corrected chi connectivity index (χ2v) is 7.06. The first kappa shape index (κ1) is 16.4. The van der Waals surface area contributed by atoms with Crippen LogP contribution < -0.4 is 11.1 Å². The summed E-state index contributed by atoms with van der Waals surface area (Å²) in [5, 5.41) is 22.0. The Balaban J connectivity index is 2.23. The molecule has 3 atom stereocenters. The first-order valence-electron chi connectivity index (χ1n) is 12.3. The Bertz CT molecular complexity index is 904. The number of carboxylic acid groups (broad SMARTS) is 2. The number of aliphatic carboxylic acids is 2. The molecule has 2 rings (SSSR count). The fourth-order valence-electron chi connectivity index (χ4n) is 3.47. The largest absolute Gasteiger partial charge is 0.480 e. The minimum atomic E-state index is -1.26. The molecule has 0 saturated carbocycles. The maximum atomic E-state index is 13.2. The summed E-state index contributed by atoms with van der Waals surface area (Å²) < 4.78 is 39.2. The van der Waals surface area contributed by atoms with Crippen LogP contribution in [0, 0.1) is 0 Å². The van der Waals surface area contributed by atoms with Gasteiger partial charge in [0.1, 0.15) is 12.1 Å². The minimum absolute atomic E-state index is 0.00413. The van der Waals surface area contributed by atoms with Crippen molar-refractivity contribution in [3.8, 4) is 0 Å². The molecule has 0 spiro atoms. The lowest BCUT2D eigenvalue weighted by atomic mass is 10.0. The van der Waals surface area contributed by atoms with Crippen LogP contribution in [0.4, 0.5) is 0 Å². The van der Waals surface area contributed by atoms with Gasteiger partial charge in [0.05, 0.1) is 12.9 Å². The number of hydrogen-bond acceptors (Lipinski definition) is 5. The van der Waals surface area contributed by atoms with Crippen molar-refractivity contribution in [3.63, 3.8) is 0 Å². The van der Waals surface area contributed by atoms with Crippen LogP contribution in [-0.4, -0.2) is 64.2 Å². The quantitative estimate of drug-likeness (QED) is 0.381. The van der Waals surface area contributed by atoms with Gasteiger partial charge in [-0.2, -0.15) is 0 Å². The monoisotopic (exact) mass is 410 g/mol. The third-order valence-electron chi connectivity index (χ3n) is 5.00. The predicted octanol–water partition coefficient (Wildman–Crippen LogP) is 1.24. The highest BCUT2D eigenvalue weighted by molar-refractivity contribution is 5.88. The van der Waals surface area contributed by atoms with E-state index in [0.717, 1.165) is 0 Å². The van der Waals surface area contributed by atoms with E-state index in [1.165, 1.54) is 4.90 Å². The number of carbonyl (C=O) groups is 3. The lowest BCUT2D eigenvalue weighted by molar-refractivity contribution is -0.149. The van der Waals surface area contributed by atoms with E-state index >= 15 is 0 Å². The van der Waals surface area contributed by atoms with Crippen LogP contribution in [0.2, 0.25) is 0 Å². The van der Waals surface area contributed by atoms with Crippen molar-refractivity contribution in [2.75, 3.05) is 13.1 Å². The van der Waals surface area contributed by atoms with Crippen LogP contribution in [0.1, 0.15) is 50.9 Å². The number of nitrogens with one attached hydrogen (secondary N) is 1. The molecular formula is C21H31N3O5. The van der Waals surface area contributed by atoms with Gasteiger partial charge in [0.15, 0.2) is 0 Å². The van der Waals surface area contributed by atoms with Gasteiger partial charge in [0.25, 0.3) is 0 Å². The molecule has 29 heavy (non-hydrogen) atoms. The standard InChI is InChI=1S/C21H31N3O5/c22-13-5-4-9-16(19(25)24-14-6-10-18(24)21(28)29)23-17(20(26)27)12-11-15-7-2-1-3-8-15/h1-3,7-8,16-18,23H,4-6,9-14,22H2,(H,26,27)(H,28,29)/t16-,17-,18-/m0/s1/i1D,2D,3D,7D,8D. The average Bonchev–Trinajstić information content (AvgIpc) is 3.29. The summed E-state index contributed by atoms with van der Waals surface area (Å²) >= 11 is 0. The zero-order valence-corrected chi connectivity index (χ0v) is 16.2. The fraction of sp³-hybridized carbons (Fsp3) is 0.571. The van der Waals surface area contributed by atoms with Crippen LogP contribution in [0.5, 0.6) is 0 Å². The summed E-state index contributed by atoms with van der Waals surface area (Å²) in [4.78, 5) is 37.9. The Kier molecular flexibility index (Phi) is 6.50. The normalized spacial score (nSPS) is 20.8. The number of rotatable bonds is 12. The van der Waals surface area contributed by atoms with Gasteiger partial charge in [-0.05, 0) is 50.6 Å². The van der Waals surface area contributed by atoms with Crippen LogP contribution in [0.25, 0.3) is 0 Å². The lowest BCUT2D eigenvalue weighted by Gasteiger charge is -2.29. The molecule has 0 unspecified atom stereocenters. The van der Waals surface area contributed by atoms with E-state index in [1.807, 2.05) is 0 Å². The molecular weight excluding hydrogens is 374 g/mol. The predicted molar refractivity (Wildman–Crippen MR) is 108 cm³/mol. The summed E-state index contributed by atoms with van der Waals surface area (Å²) in [5.41, 5.74) is 5.53. The summed E-state index contributed by atoms with van der Waals surface area (Å²) in [6, 6.07) is -5.49. The molecule has 8 heteroatoms. The topological polar surface area (TPSA) is 133 Å². The molecule has 1 saturated heterocycles. The number of amides is 1.